The highest BCUT2D eigenvalue weighted by molar-refractivity contribution is 5.75. The van der Waals surface area contributed by atoms with Crippen molar-refractivity contribution in [3.63, 3.8) is 0 Å². The highest BCUT2D eigenvalue weighted by Gasteiger charge is 2.20. The molecule has 282 valence electrons. The molecule has 0 rings (SSSR count). The molecule has 0 unspecified atom stereocenters. The van der Waals surface area contributed by atoms with Gasteiger partial charge in [-0.25, -0.2) is 0 Å². The predicted molar refractivity (Wildman–Crippen MR) is 212 cm³/mol. The van der Waals surface area contributed by atoms with Crippen LogP contribution in [-0.4, -0.2) is 43.6 Å². The second-order valence-corrected chi connectivity index (χ2v) is 15.9. The number of quaternary nitrogens is 1. The Labute approximate surface area is 298 Å². The number of amides is 1. The van der Waals surface area contributed by atoms with Gasteiger partial charge in [-0.1, -0.05) is 201 Å². The summed E-state index contributed by atoms with van der Waals surface area (Å²) in [6, 6.07) is 0. The topological polar surface area (TPSA) is 29.1 Å². The second kappa shape index (κ2) is 38.2. The molecule has 3 heteroatoms. The van der Waals surface area contributed by atoms with E-state index in [1.54, 1.807) is 0 Å². The van der Waals surface area contributed by atoms with Gasteiger partial charge in [0.1, 0.15) is 0 Å². The van der Waals surface area contributed by atoms with Crippen molar-refractivity contribution in [2.75, 3.05) is 33.2 Å². The van der Waals surface area contributed by atoms with E-state index in [-0.39, 0.29) is 5.91 Å². The summed E-state index contributed by atoms with van der Waals surface area (Å²) in [6.45, 7) is 11.4. The number of nitrogens with zero attached hydrogens (tertiary/aromatic N) is 1. The molecule has 0 heterocycles. The molecule has 0 saturated carbocycles. The standard InChI is InChI=1S/C44H90N2O/c1-5-8-10-12-14-16-18-20-22-24-26-28-30-32-34-36-41-46(4,43-38-40-45-44(47)39-7-3)42-37-35-33-31-29-27-25-23-21-19-17-15-13-11-9-6-2/h5-43H2,1-4H3/p+1. The zero-order valence-corrected chi connectivity index (χ0v) is 33.4. The highest BCUT2D eigenvalue weighted by atomic mass is 16.1. The largest absolute Gasteiger partial charge is 0.356 e. The first-order chi connectivity index (χ1) is 23.1. The van der Waals surface area contributed by atoms with Crippen LogP contribution in [0.1, 0.15) is 245 Å². The van der Waals surface area contributed by atoms with E-state index < -0.39 is 0 Å². The van der Waals surface area contributed by atoms with Crippen LogP contribution in [0.5, 0.6) is 0 Å². The van der Waals surface area contributed by atoms with E-state index in [9.17, 15) is 4.79 Å². The van der Waals surface area contributed by atoms with Crippen LogP contribution in [-0.2, 0) is 4.79 Å². The number of hydrogen-bond donors (Lipinski definition) is 1. The summed E-state index contributed by atoms with van der Waals surface area (Å²) in [5.74, 6) is 0.234. The lowest BCUT2D eigenvalue weighted by Crippen LogP contribution is -2.47. The van der Waals surface area contributed by atoms with E-state index in [1.807, 2.05) is 0 Å². The van der Waals surface area contributed by atoms with Crippen molar-refractivity contribution >= 4 is 5.91 Å². The summed E-state index contributed by atoms with van der Waals surface area (Å²) >= 11 is 0. The average Bonchev–Trinajstić information content (AvgIpc) is 3.06. The summed E-state index contributed by atoms with van der Waals surface area (Å²) in [6.07, 6.45) is 48.7. The van der Waals surface area contributed by atoms with Crippen molar-refractivity contribution < 1.29 is 9.28 Å². The molecule has 47 heavy (non-hydrogen) atoms. The van der Waals surface area contributed by atoms with E-state index in [0.29, 0.717) is 6.42 Å². The molecule has 0 radical (unpaired) electrons. The normalized spacial score (nSPS) is 11.8. The molecule has 0 saturated heterocycles. The molecule has 0 aromatic rings. The van der Waals surface area contributed by atoms with Crippen LogP contribution in [0, 0.1) is 0 Å². The SMILES string of the molecule is CCCCCCCCCCCCCCCCCC[N+](C)(CCCCCCCCCCCCCCCCCC)CCCNC(=O)CCC. The zero-order chi connectivity index (χ0) is 34.4. The van der Waals surface area contributed by atoms with E-state index in [4.69, 9.17) is 0 Å². The Morgan fingerprint density at radius 3 is 0.894 bits per heavy atom. The molecule has 1 N–H and O–H groups in total. The van der Waals surface area contributed by atoms with Crippen molar-refractivity contribution in [3.8, 4) is 0 Å². The van der Waals surface area contributed by atoms with Crippen molar-refractivity contribution in [1.82, 2.24) is 5.32 Å². The van der Waals surface area contributed by atoms with Gasteiger partial charge in [-0.3, -0.25) is 4.79 Å². The Hall–Kier alpha value is -0.570. The van der Waals surface area contributed by atoms with E-state index in [0.717, 1.165) is 19.4 Å². The van der Waals surface area contributed by atoms with Crippen molar-refractivity contribution in [1.29, 1.82) is 0 Å². The molecule has 0 spiro atoms. The Bertz CT molecular complexity index is 570. The van der Waals surface area contributed by atoms with E-state index in [1.165, 1.54) is 230 Å². The molecule has 0 aromatic heterocycles. The summed E-state index contributed by atoms with van der Waals surface area (Å²) in [4.78, 5) is 11.9. The maximum Gasteiger partial charge on any atom is 0.219 e. The molecule has 0 aliphatic heterocycles. The van der Waals surface area contributed by atoms with Gasteiger partial charge in [-0.15, -0.1) is 0 Å². The molecule has 0 aromatic carbocycles. The smallest absolute Gasteiger partial charge is 0.219 e. The third-order valence-electron chi connectivity index (χ3n) is 10.8. The first-order valence-corrected chi connectivity index (χ1v) is 22.2. The Morgan fingerprint density at radius 1 is 0.362 bits per heavy atom. The molecule has 0 atom stereocenters. The van der Waals surface area contributed by atoms with Gasteiger partial charge in [0.15, 0.2) is 0 Å². The molecule has 0 bridgehead atoms. The lowest BCUT2D eigenvalue weighted by Gasteiger charge is -2.35. The van der Waals surface area contributed by atoms with Crippen LogP contribution in [0.2, 0.25) is 0 Å². The van der Waals surface area contributed by atoms with Crippen molar-refractivity contribution in [2.24, 2.45) is 0 Å². The zero-order valence-electron chi connectivity index (χ0n) is 33.4. The summed E-state index contributed by atoms with van der Waals surface area (Å²) in [5.41, 5.74) is 0. The highest BCUT2D eigenvalue weighted by Crippen LogP contribution is 2.17. The molecular formula is C44H91N2O+. The van der Waals surface area contributed by atoms with Gasteiger partial charge in [0.2, 0.25) is 5.91 Å². The third-order valence-corrected chi connectivity index (χ3v) is 10.8. The fourth-order valence-corrected chi connectivity index (χ4v) is 7.42. The van der Waals surface area contributed by atoms with Crippen molar-refractivity contribution in [2.45, 2.75) is 245 Å². The molecular weight excluding hydrogens is 572 g/mol. The quantitative estimate of drug-likeness (QED) is 0.0513. The van der Waals surface area contributed by atoms with Gasteiger partial charge >= 0.3 is 0 Å². The Kier molecular flexibility index (Phi) is 37.8. The summed E-state index contributed by atoms with van der Waals surface area (Å²) < 4.78 is 1.21. The first-order valence-electron chi connectivity index (χ1n) is 22.2. The summed E-state index contributed by atoms with van der Waals surface area (Å²) in [7, 11) is 2.50. The first kappa shape index (κ1) is 46.4. The van der Waals surface area contributed by atoms with Gasteiger partial charge in [0.25, 0.3) is 0 Å². The Morgan fingerprint density at radius 2 is 0.617 bits per heavy atom. The number of rotatable bonds is 40. The van der Waals surface area contributed by atoms with Gasteiger partial charge < -0.3 is 9.80 Å². The maximum atomic E-state index is 11.9. The Balaban J connectivity index is 3.95. The molecule has 0 fully saturated rings. The minimum absolute atomic E-state index is 0.234. The minimum atomic E-state index is 0.234. The number of nitrogens with one attached hydrogen (secondary N) is 1. The van der Waals surface area contributed by atoms with Crippen LogP contribution >= 0.6 is 0 Å². The predicted octanol–water partition coefficient (Wildman–Crippen LogP) is 14.3. The number of carbonyl (C=O) groups excluding carboxylic acids is 1. The van der Waals surface area contributed by atoms with E-state index in [2.05, 4.69) is 33.1 Å². The minimum Gasteiger partial charge on any atom is -0.356 e. The molecule has 3 nitrogen and oxygen atoms in total. The maximum absolute atomic E-state index is 11.9. The van der Waals surface area contributed by atoms with E-state index >= 15 is 0 Å². The van der Waals surface area contributed by atoms with Crippen LogP contribution in [0.25, 0.3) is 0 Å². The van der Waals surface area contributed by atoms with Gasteiger partial charge in [-0.05, 0) is 32.1 Å². The second-order valence-electron chi connectivity index (χ2n) is 15.9. The number of hydrogen-bond acceptors (Lipinski definition) is 1. The van der Waals surface area contributed by atoms with Crippen LogP contribution in [0.15, 0.2) is 0 Å². The van der Waals surface area contributed by atoms with Crippen LogP contribution in [0.3, 0.4) is 0 Å². The van der Waals surface area contributed by atoms with Crippen molar-refractivity contribution in [3.05, 3.63) is 0 Å². The molecule has 0 aliphatic carbocycles. The van der Waals surface area contributed by atoms with Crippen LogP contribution in [0.4, 0.5) is 0 Å². The lowest BCUT2D eigenvalue weighted by atomic mass is 10.0. The van der Waals surface area contributed by atoms with Crippen LogP contribution < -0.4 is 5.32 Å². The van der Waals surface area contributed by atoms with Gasteiger partial charge in [0, 0.05) is 19.4 Å². The third kappa shape index (κ3) is 36.5. The molecule has 0 aliphatic rings. The van der Waals surface area contributed by atoms with Gasteiger partial charge in [0.05, 0.1) is 26.7 Å². The fourth-order valence-electron chi connectivity index (χ4n) is 7.42. The number of unbranched alkanes of at least 4 members (excludes halogenated alkanes) is 30. The average molecular weight is 664 g/mol. The fraction of sp³-hybridized carbons (Fsp3) is 0.977. The summed E-state index contributed by atoms with van der Waals surface area (Å²) in [5, 5.41) is 3.16. The monoisotopic (exact) mass is 664 g/mol. The van der Waals surface area contributed by atoms with Gasteiger partial charge in [-0.2, -0.15) is 0 Å². The number of carbonyl (C=O) groups is 1. The molecule has 1 amide bonds. The lowest BCUT2D eigenvalue weighted by molar-refractivity contribution is -0.910.